The molecule has 0 aromatic rings. The summed E-state index contributed by atoms with van der Waals surface area (Å²) >= 11 is 0. The highest BCUT2D eigenvalue weighted by atomic mass is 14.6. The molecule has 0 aliphatic rings. The molecule has 0 saturated heterocycles. The van der Waals surface area contributed by atoms with Crippen molar-refractivity contribution in [1.29, 1.82) is 0 Å². The van der Waals surface area contributed by atoms with Crippen LogP contribution in [0.1, 0.15) is 13.8 Å². The number of hydrogen-bond donors (Lipinski definition) is 0. The number of aliphatic imine (C=N–C) groups is 1. The zero-order valence-corrected chi connectivity index (χ0v) is 7.01. The van der Waals surface area contributed by atoms with Crippen molar-refractivity contribution in [2.24, 2.45) is 4.99 Å². The predicted molar refractivity (Wildman–Crippen MR) is 51.5 cm³/mol. The highest BCUT2D eigenvalue weighted by Crippen LogP contribution is 1.68. The molecule has 0 heterocycles. The largest absolute Gasteiger partial charge is 0.273 e. The van der Waals surface area contributed by atoms with Gasteiger partial charge in [-0.25, -0.2) is 0 Å². The molecule has 0 bridgehead atoms. The molecule has 0 aliphatic carbocycles. The number of hydrogen-bond acceptors (Lipinski definition) is 1. The van der Waals surface area contributed by atoms with Crippen LogP contribution in [-0.4, -0.2) is 6.72 Å². The number of nitrogens with zero attached hydrogens (tertiary/aromatic N) is 1. The lowest BCUT2D eigenvalue weighted by molar-refractivity contribution is 1.50. The van der Waals surface area contributed by atoms with Gasteiger partial charge in [0.2, 0.25) is 0 Å². The lowest BCUT2D eigenvalue weighted by Crippen LogP contribution is -1.40. The van der Waals surface area contributed by atoms with Gasteiger partial charge in [0.25, 0.3) is 0 Å². The SMILES string of the molecule is C=C.C=C/C=C\N=C.CC. The molecule has 0 aromatic heterocycles. The molecule has 58 valence electrons. The van der Waals surface area contributed by atoms with E-state index in [1.54, 1.807) is 18.4 Å². The molecule has 0 fully saturated rings. The molecule has 0 saturated carbocycles. The van der Waals surface area contributed by atoms with Crippen molar-refractivity contribution in [1.82, 2.24) is 0 Å². The molecule has 1 nitrogen and oxygen atoms in total. The van der Waals surface area contributed by atoms with Crippen molar-refractivity contribution in [3.8, 4) is 0 Å². The van der Waals surface area contributed by atoms with Gasteiger partial charge in [-0.1, -0.05) is 26.5 Å². The Morgan fingerprint density at radius 3 is 1.70 bits per heavy atom. The van der Waals surface area contributed by atoms with Gasteiger partial charge in [-0.2, -0.15) is 0 Å². The normalized spacial score (nSPS) is 6.20. The fraction of sp³-hybridized carbons (Fsp3) is 0.222. The Morgan fingerprint density at radius 2 is 1.60 bits per heavy atom. The van der Waals surface area contributed by atoms with E-state index in [1.165, 1.54) is 0 Å². The van der Waals surface area contributed by atoms with Gasteiger partial charge in [-0.05, 0) is 12.8 Å². The van der Waals surface area contributed by atoms with Gasteiger partial charge in [0.05, 0.1) is 0 Å². The zero-order valence-electron chi connectivity index (χ0n) is 7.01. The summed E-state index contributed by atoms with van der Waals surface area (Å²) in [6.45, 7) is 16.6. The first-order chi connectivity index (χ1) is 4.91. The average molecular weight is 139 g/mol. The van der Waals surface area contributed by atoms with Crippen LogP contribution in [0.15, 0.2) is 43.1 Å². The van der Waals surface area contributed by atoms with Crippen molar-refractivity contribution in [2.75, 3.05) is 0 Å². The Bertz CT molecular complexity index is 72.7. The van der Waals surface area contributed by atoms with Crippen LogP contribution in [0.4, 0.5) is 0 Å². The molecule has 0 atom stereocenters. The van der Waals surface area contributed by atoms with E-state index in [9.17, 15) is 0 Å². The first-order valence-electron chi connectivity index (χ1n) is 3.15. The maximum atomic E-state index is 3.42. The lowest BCUT2D eigenvalue weighted by Gasteiger charge is -1.61. The van der Waals surface area contributed by atoms with Gasteiger partial charge in [0.15, 0.2) is 0 Å². The minimum atomic E-state index is 1.58. The molecule has 0 unspecified atom stereocenters. The van der Waals surface area contributed by atoms with E-state index in [-0.39, 0.29) is 0 Å². The summed E-state index contributed by atoms with van der Waals surface area (Å²) in [4.78, 5) is 3.42. The zero-order chi connectivity index (χ0) is 8.83. The molecule has 0 radical (unpaired) electrons. The van der Waals surface area contributed by atoms with Crippen LogP contribution in [0.5, 0.6) is 0 Å². The molecule has 0 spiro atoms. The first-order valence-corrected chi connectivity index (χ1v) is 3.15. The lowest BCUT2D eigenvalue weighted by atomic mass is 10.6. The summed E-state index contributed by atoms with van der Waals surface area (Å²) in [5, 5.41) is 0. The molecule has 10 heavy (non-hydrogen) atoms. The van der Waals surface area contributed by atoms with Gasteiger partial charge < -0.3 is 0 Å². The summed E-state index contributed by atoms with van der Waals surface area (Å²) in [5.41, 5.74) is 0. The van der Waals surface area contributed by atoms with Crippen LogP contribution in [-0.2, 0) is 0 Å². The summed E-state index contributed by atoms with van der Waals surface area (Å²) < 4.78 is 0. The molecule has 0 amide bonds. The van der Waals surface area contributed by atoms with E-state index in [0.717, 1.165) is 0 Å². The summed E-state index contributed by atoms with van der Waals surface area (Å²) in [5.74, 6) is 0. The second kappa shape index (κ2) is 44.8. The molecule has 0 N–H and O–H groups in total. The average Bonchev–Trinajstić information content (AvgIpc) is 2.08. The van der Waals surface area contributed by atoms with E-state index >= 15 is 0 Å². The Labute approximate surface area is 64.5 Å². The van der Waals surface area contributed by atoms with Gasteiger partial charge in [0.1, 0.15) is 0 Å². The second-order valence-corrected chi connectivity index (χ2v) is 0.760. The molecular formula is C9H17N. The third-order valence-electron chi connectivity index (χ3n) is 0.328. The highest BCUT2D eigenvalue weighted by molar-refractivity contribution is 5.25. The molecular weight excluding hydrogens is 122 g/mol. The van der Waals surface area contributed by atoms with Crippen LogP contribution < -0.4 is 0 Å². The van der Waals surface area contributed by atoms with Crippen molar-refractivity contribution >= 4 is 6.72 Å². The van der Waals surface area contributed by atoms with Crippen molar-refractivity contribution < 1.29 is 0 Å². The van der Waals surface area contributed by atoms with Gasteiger partial charge in [-0.3, -0.25) is 4.99 Å². The van der Waals surface area contributed by atoms with Crippen LogP contribution >= 0.6 is 0 Å². The summed E-state index contributed by atoms with van der Waals surface area (Å²) in [7, 11) is 0. The van der Waals surface area contributed by atoms with Crippen molar-refractivity contribution in [2.45, 2.75) is 13.8 Å². The van der Waals surface area contributed by atoms with Gasteiger partial charge in [-0.15, -0.1) is 13.2 Å². The van der Waals surface area contributed by atoms with Crippen LogP contribution in [0, 0.1) is 0 Å². The van der Waals surface area contributed by atoms with E-state index in [1.807, 2.05) is 13.8 Å². The quantitative estimate of drug-likeness (QED) is 0.316. The number of allylic oxidation sites excluding steroid dienone is 2. The summed E-state index contributed by atoms with van der Waals surface area (Å²) in [6, 6.07) is 0. The minimum Gasteiger partial charge on any atom is -0.273 e. The Hall–Kier alpha value is -1.11. The fourth-order valence-corrected chi connectivity index (χ4v) is 0.122. The van der Waals surface area contributed by atoms with Crippen LogP contribution in [0.3, 0.4) is 0 Å². The van der Waals surface area contributed by atoms with Gasteiger partial charge in [0, 0.05) is 6.20 Å². The molecule has 0 aromatic carbocycles. The molecule has 0 aliphatic heterocycles. The van der Waals surface area contributed by atoms with Crippen LogP contribution in [0.2, 0.25) is 0 Å². The topological polar surface area (TPSA) is 12.4 Å². The Kier molecular flexibility index (Phi) is 71.5. The van der Waals surface area contributed by atoms with E-state index < -0.39 is 0 Å². The predicted octanol–water partition coefficient (Wildman–Crippen LogP) is 3.22. The number of rotatable bonds is 2. The van der Waals surface area contributed by atoms with E-state index in [0.29, 0.717) is 0 Å². The van der Waals surface area contributed by atoms with Crippen molar-refractivity contribution in [3.63, 3.8) is 0 Å². The molecule has 1 heteroatoms. The van der Waals surface area contributed by atoms with Crippen LogP contribution in [0.25, 0.3) is 0 Å². The Morgan fingerprint density at radius 1 is 1.20 bits per heavy atom. The van der Waals surface area contributed by atoms with Gasteiger partial charge >= 0.3 is 0 Å². The van der Waals surface area contributed by atoms with E-state index in [4.69, 9.17) is 0 Å². The maximum Gasteiger partial charge on any atom is 0.0260 e. The Balaban J connectivity index is -0.000000105. The minimum absolute atomic E-state index is 1.58. The standard InChI is InChI=1S/C5H7N.C2H6.C2H4/c1-3-4-5-6-2;2*1-2/h3-5H,1-2H2;1-2H3;1-2H2/b5-4-;;. The third-order valence-corrected chi connectivity index (χ3v) is 0.328. The fourth-order valence-electron chi connectivity index (χ4n) is 0.122. The monoisotopic (exact) mass is 139 g/mol. The van der Waals surface area contributed by atoms with E-state index in [2.05, 4.69) is 31.4 Å². The third kappa shape index (κ3) is 66.9. The molecule has 0 rings (SSSR count). The maximum absolute atomic E-state index is 3.42. The summed E-state index contributed by atoms with van der Waals surface area (Å²) in [6.07, 6.45) is 4.94. The smallest absolute Gasteiger partial charge is 0.0260 e. The highest BCUT2D eigenvalue weighted by Gasteiger charge is 1.47. The first kappa shape index (κ1) is 16.0. The van der Waals surface area contributed by atoms with Crippen molar-refractivity contribution in [3.05, 3.63) is 38.1 Å². The second-order valence-electron chi connectivity index (χ2n) is 0.760.